The normalized spacial score (nSPS) is 15.4. The zero-order chi connectivity index (χ0) is 12.4. The minimum absolute atomic E-state index is 0.148. The maximum Gasteiger partial charge on any atom is 0.123 e. The van der Waals surface area contributed by atoms with Crippen LogP contribution >= 0.6 is 0 Å². The van der Waals surface area contributed by atoms with E-state index < -0.39 is 0 Å². The molecular weight excluding hydrogens is 225 g/mol. The summed E-state index contributed by atoms with van der Waals surface area (Å²) in [5.41, 5.74) is 3.91. The molecule has 0 aliphatic carbocycles. The number of rotatable bonds is 2. The summed E-state index contributed by atoms with van der Waals surface area (Å²) in [4.78, 5) is 2.37. The number of hydrogen-bond donors (Lipinski definition) is 0. The van der Waals surface area contributed by atoms with Crippen molar-refractivity contribution in [2.75, 3.05) is 6.54 Å². The van der Waals surface area contributed by atoms with Crippen LogP contribution in [-0.2, 0) is 19.5 Å². The molecule has 1 aliphatic heterocycles. The molecule has 2 aromatic carbocycles. The second kappa shape index (κ2) is 4.91. The average molecular weight is 241 g/mol. The first-order valence-corrected chi connectivity index (χ1v) is 6.35. The van der Waals surface area contributed by atoms with Crippen molar-refractivity contribution in [1.29, 1.82) is 0 Å². The minimum atomic E-state index is -0.148. The van der Waals surface area contributed by atoms with E-state index in [1.54, 1.807) is 12.1 Å². The van der Waals surface area contributed by atoms with Crippen molar-refractivity contribution in [3.63, 3.8) is 0 Å². The highest BCUT2D eigenvalue weighted by Crippen LogP contribution is 2.20. The van der Waals surface area contributed by atoms with Crippen LogP contribution in [0.5, 0.6) is 0 Å². The molecule has 0 bridgehead atoms. The molecule has 2 heteroatoms. The van der Waals surface area contributed by atoms with E-state index in [1.165, 1.54) is 17.2 Å². The molecular formula is C16H16FN. The SMILES string of the molecule is Fc1cccc(CN2CCc3ccccc3C2)c1. The van der Waals surface area contributed by atoms with Gasteiger partial charge >= 0.3 is 0 Å². The van der Waals surface area contributed by atoms with Gasteiger partial charge in [-0.1, -0.05) is 36.4 Å². The maximum absolute atomic E-state index is 13.1. The molecule has 0 saturated carbocycles. The number of halogens is 1. The fourth-order valence-electron chi connectivity index (χ4n) is 2.58. The molecule has 18 heavy (non-hydrogen) atoms. The van der Waals surface area contributed by atoms with Gasteiger partial charge < -0.3 is 0 Å². The Morgan fingerprint density at radius 1 is 1.00 bits per heavy atom. The first-order valence-electron chi connectivity index (χ1n) is 6.35. The van der Waals surface area contributed by atoms with Crippen LogP contribution in [-0.4, -0.2) is 11.4 Å². The number of benzene rings is 2. The predicted molar refractivity (Wildman–Crippen MR) is 70.7 cm³/mol. The lowest BCUT2D eigenvalue weighted by Gasteiger charge is -2.28. The molecule has 0 radical (unpaired) electrons. The lowest BCUT2D eigenvalue weighted by atomic mass is 9.99. The van der Waals surface area contributed by atoms with Crippen LogP contribution in [0.15, 0.2) is 48.5 Å². The molecule has 0 fully saturated rings. The Labute approximate surface area is 107 Å². The fourth-order valence-corrected chi connectivity index (χ4v) is 2.58. The average Bonchev–Trinajstić information content (AvgIpc) is 2.39. The highest BCUT2D eigenvalue weighted by atomic mass is 19.1. The standard InChI is InChI=1S/C16H16FN/c17-16-7-3-4-13(10-16)11-18-9-8-14-5-1-2-6-15(14)12-18/h1-7,10H,8-9,11-12H2. The summed E-state index contributed by atoms with van der Waals surface area (Å²) >= 11 is 0. The Balaban J connectivity index is 1.73. The number of fused-ring (bicyclic) bond motifs is 1. The van der Waals surface area contributed by atoms with Crippen LogP contribution in [0.4, 0.5) is 4.39 Å². The van der Waals surface area contributed by atoms with Gasteiger partial charge in [-0.15, -0.1) is 0 Å². The zero-order valence-electron chi connectivity index (χ0n) is 10.3. The van der Waals surface area contributed by atoms with Crippen molar-refractivity contribution in [3.05, 3.63) is 71.0 Å². The molecule has 1 heterocycles. The Morgan fingerprint density at radius 2 is 1.83 bits per heavy atom. The van der Waals surface area contributed by atoms with Gasteiger partial charge in [0, 0.05) is 19.6 Å². The van der Waals surface area contributed by atoms with Crippen molar-refractivity contribution in [2.24, 2.45) is 0 Å². The number of nitrogens with zero attached hydrogens (tertiary/aromatic N) is 1. The summed E-state index contributed by atoms with van der Waals surface area (Å²) in [6, 6.07) is 15.5. The molecule has 0 unspecified atom stereocenters. The molecule has 0 amide bonds. The van der Waals surface area contributed by atoms with Crippen LogP contribution in [0.3, 0.4) is 0 Å². The van der Waals surface area contributed by atoms with Crippen molar-refractivity contribution >= 4 is 0 Å². The van der Waals surface area contributed by atoms with Gasteiger partial charge in [0.2, 0.25) is 0 Å². The van der Waals surface area contributed by atoms with Gasteiger partial charge in [0.05, 0.1) is 0 Å². The Kier molecular flexibility index (Phi) is 3.11. The predicted octanol–water partition coefficient (Wildman–Crippen LogP) is 3.38. The summed E-state index contributed by atoms with van der Waals surface area (Å²) < 4.78 is 13.1. The molecule has 0 spiro atoms. The van der Waals surface area contributed by atoms with Gasteiger partial charge in [-0.3, -0.25) is 4.90 Å². The molecule has 92 valence electrons. The maximum atomic E-state index is 13.1. The van der Waals surface area contributed by atoms with E-state index in [1.807, 2.05) is 6.07 Å². The third-order valence-corrected chi connectivity index (χ3v) is 3.50. The van der Waals surface area contributed by atoms with E-state index in [0.717, 1.165) is 31.6 Å². The fraction of sp³-hybridized carbons (Fsp3) is 0.250. The summed E-state index contributed by atoms with van der Waals surface area (Å²) in [7, 11) is 0. The smallest absolute Gasteiger partial charge is 0.123 e. The second-order valence-corrected chi connectivity index (χ2v) is 4.86. The van der Waals surface area contributed by atoms with Crippen molar-refractivity contribution in [2.45, 2.75) is 19.5 Å². The zero-order valence-corrected chi connectivity index (χ0v) is 10.3. The highest BCUT2D eigenvalue weighted by molar-refractivity contribution is 5.29. The van der Waals surface area contributed by atoms with Gasteiger partial charge in [0.25, 0.3) is 0 Å². The van der Waals surface area contributed by atoms with Crippen LogP contribution in [0.1, 0.15) is 16.7 Å². The third-order valence-electron chi connectivity index (χ3n) is 3.50. The van der Waals surface area contributed by atoms with Gasteiger partial charge in [-0.25, -0.2) is 4.39 Å². The van der Waals surface area contributed by atoms with Crippen molar-refractivity contribution in [1.82, 2.24) is 4.90 Å². The molecule has 0 N–H and O–H groups in total. The van der Waals surface area contributed by atoms with Crippen LogP contribution < -0.4 is 0 Å². The minimum Gasteiger partial charge on any atom is -0.294 e. The van der Waals surface area contributed by atoms with E-state index in [0.29, 0.717) is 0 Å². The van der Waals surface area contributed by atoms with E-state index in [-0.39, 0.29) is 5.82 Å². The van der Waals surface area contributed by atoms with Crippen LogP contribution in [0, 0.1) is 5.82 Å². The molecule has 0 saturated heterocycles. The van der Waals surface area contributed by atoms with E-state index in [9.17, 15) is 4.39 Å². The van der Waals surface area contributed by atoms with Crippen LogP contribution in [0.2, 0.25) is 0 Å². The van der Waals surface area contributed by atoms with Gasteiger partial charge in [-0.05, 0) is 35.2 Å². The molecule has 2 aromatic rings. The van der Waals surface area contributed by atoms with Crippen molar-refractivity contribution < 1.29 is 4.39 Å². The molecule has 0 aromatic heterocycles. The largest absolute Gasteiger partial charge is 0.294 e. The van der Waals surface area contributed by atoms with E-state index in [2.05, 4.69) is 29.2 Å². The summed E-state index contributed by atoms with van der Waals surface area (Å²) in [6.45, 7) is 2.84. The third kappa shape index (κ3) is 2.44. The van der Waals surface area contributed by atoms with E-state index in [4.69, 9.17) is 0 Å². The lowest BCUT2D eigenvalue weighted by Crippen LogP contribution is -2.29. The topological polar surface area (TPSA) is 3.24 Å². The van der Waals surface area contributed by atoms with Gasteiger partial charge in [-0.2, -0.15) is 0 Å². The van der Waals surface area contributed by atoms with E-state index >= 15 is 0 Å². The number of hydrogen-bond acceptors (Lipinski definition) is 1. The summed E-state index contributed by atoms with van der Waals surface area (Å²) in [6.07, 6.45) is 1.09. The molecule has 1 nitrogen and oxygen atoms in total. The van der Waals surface area contributed by atoms with Crippen LogP contribution in [0.25, 0.3) is 0 Å². The Morgan fingerprint density at radius 3 is 2.67 bits per heavy atom. The Bertz CT molecular complexity index is 550. The van der Waals surface area contributed by atoms with Crippen molar-refractivity contribution in [3.8, 4) is 0 Å². The Hall–Kier alpha value is -1.67. The lowest BCUT2D eigenvalue weighted by molar-refractivity contribution is 0.245. The van der Waals surface area contributed by atoms with Gasteiger partial charge in [0.1, 0.15) is 5.82 Å². The summed E-state index contributed by atoms with van der Waals surface area (Å²) in [5, 5.41) is 0. The molecule has 1 aliphatic rings. The van der Waals surface area contributed by atoms with Gasteiger partial charge in [0.15, 0.2) is 0 Å². The monoisotopic (exact) mass is 241 g/mol. The first kappa shape index (κ1) is 11.4. The summed E-state index contributed by atoms with van der Waals surface area (Å²) in [5.74, 6) is -0.148. The molecule has 0 atom stereocenters. The first-order chi connectivity index (χ1) is 8.81. The molecule has 3 rings (SSSR count). The highest BCUT2D eigenvalue weighted by Gasteiger charge is 2.15. The quantitative estimate of drug-likeness (QED) is 0.779. The second-order valence-electron chi connectivity index (χ2n) is 4.86.